The molecule has 0 atom stereocenters. The van der Waals surface area contributed by atoms with Gasteiger partial charge in [-0.3, -0.25) is 9.20 Å². The Morgan fingerprint density at radius 3 is 2.58 bits per heavy atom. The van der Waals surface area contributed by atoms with Gasteiger partial charge in [-0.15, -0.1) is 10.2 Å². The molecule has 0 aliphatic rings. The molecule has 0 saturated carbocycles. The Labute approximate surface area is 190 Å². The number of hydrogen-bond acceptors (Lipinski definition) is 7. The predicted octanol–water partition coefficient (Wildman–Crippen LogP) is 4.60. The van der Waals surface area contributed by atoms with E-state index in [-0.39, 0.29) is 11.3 Å². The Morgan fingerprint density at radius 2 is 1.82 bits per heavy atom. The summed E-state index contributed by atoms with van der Waals surface area (Å²) in [5, 5.41) is 11.8. The number of anilines is 1. The summed E-state index contributed by atoms with van der Waals surface area (Å²) in [6, 6.07) is 9.79. The highest BCUT2D eigenvalue weighted by Crippen LogP contribution is 2.33. The molecule has 0 amide bonds. The topological polar surface area (TPSA) is 90.6 Å². The standard InChI is InChI=1S/C24H26FN5O3/c1-15-28-29-24-23(27-18-13-21(32-2)22(33-3)14-19(18)30(15)24)26-12-8-4-5-11-20(31)16-9-6-7-10-17(16)25/h6-7,9-10,13-14H,4-5,8,11-12H2,1-3H3,(H,26,27). The van der Waals surface area contributed by atoms with Gasteiger partial charge in [0.15, 0.2) is 23.1 Å². The number of aromatic nitrogens is 4. The van der Waals surface area contributed by atoms with E-state index < -0.39 is 5.82 Å². The zero-order valence-electron chi connectivity index (χ0n) is 18.9. The minimum absolute atomic E-state index is 0.160. The fourth-order valence-electron chi connectivity index (χ4n) is 3.84. The number of fused-ring (bicyclic) bond motifs is 3. The van der Waals surface area contributed by atoms with E-state index in [9.17, 15) is 9.18 Å². The van der Waals surface area contributed by atoms with Crippen LogP contribution in [0.25, 0.3) is 16.7 Å². The number of nitrogens with one attached hydrogen (secondary N) is 1. The number of carbonyl (C=O) groups is 1. The third kappa shape index (κ3) is 4.57. The van der Waals surface area contributed by atoms with Crippen LogP contribution in [0.2, 0.25) is 0 Å². The van der Waals surface area contributed by atoms with E-state index in [0.29, 0.717) is 42.4 Å². The van der Waals surface area contributed by atoms with Crippen molar-refractivity contribution >= 4 is 28.3 Å². The third-order valence-electron chi connectivity index (χ3n) is 5.54. The number of benzene rings is 2. The summed E-state index contributed by atoms with van der Waals surface area (Å²) in [6.07, 6.45) is 2.67. The molecule has 0 aliphatic carbocycles. The molecule has 0 fully saturated rings. The molecule has 9 heteroatoms. The highest BCUT2D eigenvalue weighted by molar-refractivity contribution is 5.96. The number of aryl methyl sites for hydroxylation is 1. The summed E-state index contributed by atoms with van der Waals surface area (Å²) in [5.41, 5.74) is 2.33. The maximum atomic E-state index is 13.7. The van der Waals surface area contributed by atoms with Crippen molar-refractivity contribution in [1.29, 1.82) is 0 Å². The van der Waals surface area contributed by atoms with E-state index >= 15 is 0 Å². The molecule has 2 aromatic heterocycles. The second-order valence-corrected chi connectivity index (χ2v) is 7.70. The van der Waals surface area contributed by atoms with Crippen LogP contribution in [0, 0.1) is 12.7 Å². The third-order valence-corrected chi connectivity index (χ3v) is 5.54. The zero-order chi connectivity index (χ0) is 23.4. The van der Waals surface area contributed by atoms with Gasteiger partial charge in [0.2, 0.25) is 5.65 Å². The molecule has 0 bridgehead atoms. The molecule has 4 rings (SSSR count). The van der Waals surface area contributed by atoms with Crippen molar-refractivity contribution in [1.82, 2.24) is 19.6 Å². The van der Waals surface area contributed by atoms with E-state index in [1.54, 1.807) is 26.4 Å². The summed E-state index contributed by atoms with van der Waals surface area (Å²) >= 11 is 0. The van der Waals surface area contributed by atoms with Gasteiger partial charge in [0.25, 0.3) is 0 Å². The van der Waals surface area contributed by atoms with Crippen molar-refractivity contribution in [2.75, 3.05) is 26.1 Å². The molecule has 8 nitrogen and oxygen atoms in total. The van der Waals surface area contributed by atoms with Crippen LogP contribution in [-0.2, 0) is 0 Å². The summed E-state index contributed by atoms with van der Waals surface area (Å²) in [7, 11) is 3.18. The van der Waals surface area contributed by atoms with Gasteiger partial charge in [-0.05, 0) is 31.9 Å². The second-order valence-electron chi connectivity index (χ2n) is 7.70. The number of ether oxygens (including phenoxy) is 2. The lowest BCUT2D eigenvalue weighted by molar-refractivity contribution is 0.0975. The molecule has 1 N–H and O–H groups in total. The Kier molecular flexibility index (Phi) is 6.67. The highest BCUT2D eigenvalue weighted by atomic mass is 19.1. The van der Waals surface area contributed by atoms with E-state index in [4.69, 9.17) is 14.5 Å². The van der Waals surface area contributed by atoms with Gasteiger partial charge in [0.05, 0.1) is 30.8 Å². The molecule has 0 spiro atoms. The maximum absolute atomic E-state index is 13.7. The smallest absolute Gasteiger partial charge is 0.204 e. The van der Waals surface area contributed by atoms with Gasteiger partial charge in [0, 0.05) is 25.1 Å². The van der Waals surface area contributed by atoms with Crippen LogP contribution in [0.3, 0.4) is 0 Å². The lowest BCUT2D eigenvalue weighted by Gasteiger charge is -2.13. The fraction of sp³-hybridized carbons (Fsp3) is 0.333. The first kappa shape index (κ1) is 22.4. The van der Waals surface area contributed by atoms with Crippen LogP contribution in [-0.4, -0.2) is 46.1 Å². The number of nitrogens with zero attached hydrogens (tertiary/aromatic N) is 4. The van der Waals surface area contributed by atoms with E-state index in [0.717, 1.165) is 29.7 Å². The van der Waals surface area contributed by atoms with Gasteiger partial charge in [0.1, 0.15) is 11.6 Å². The number of hydrogen-bond donors (Lipinski definition) is 1. The van der Waals surface area contributed by atoms with Crippen LogP contribution >= 0.6 is 0 Å². The maximum Gasteiger partial charge on any atom is 0.204 e. The van der Waals surface area contributed by atoms with Gasteiger partial charge in [-0.1, -0.05) is 18.6 Å². The summed E-state index contributed by atoms with van der Waals surface area (Å²) < 4.78 is 26.5. The van der Waals surface area contributed by atoms with E-state index in [1.807, 2.05) is 23.5 Å². The minimum Gasteiger partial charge on any atom is -0.493 e. The molecule has 2 aromatic carbocycles. The van der Waals surface area contributed by atoms with E-state index in [1.165, 1.54) is 12.1 Å². The number of Topliss-reactive ketones (excluding diaryl/α,β-unsaturated/α-hetero) is 1. The first-order valence-electron chi connectivity index (χ1n) is 10.8. The minimum atomic E-state index is -0.464. The molecule has 0 radical (unpaired) electrons. The average Bonchev–Trinajstić information content (AvgIpc) is 3.22. The summed E-state index contributed by atoms with van der Waals surface area (Å²) in [5.74, 6) is 1.92. The van der Waals surface area contributed by atoms with Crippen LogP contribution in [0.1, 0.15) is 41.9 Å². The number of unbranched alkanes of at least 4 members (excludes halogenated alkanes) is 2. The number of ketones is 1. The Morgan fingerprint density at radius 1 is 1.06 bits per heavy atom. The monoisotopic (exact) mass is 451 g/mol. The van der Waals surface area contributed by atoms with Crippen molar-refractivity contribution in [3.05, 3.63) is 53.6 Å². The first-order chi connectivity index (χ1) is 16.0. The molecule has 2 heterocycles. The number of halogens is 1. The number of carbonyl (C=O) groups excluding carboxylic acids is 1. The van der Waals surface area contributed by atoms with Crippen molar-refractivity contribution < 1.29 is 18.7 Å². The SMILES string of the molecule is COc1cc2nc(NCCCCCC(=O)c3ccccc3F)c3nnc(C)n3c2cc1OC. The summed E-state index contributed by atoms with van der Waals surface area (Å²) in [4.78, 5) is 16.9. The lowest BCUT2D eigenvalue weighted by atomic mass is 10.0. The molecule has 0 aliphatic heterocycles. The van der Waals surface area contributed by atoms with Crippen LogP contribution in [0.4, 0.5) is 10.2 Å². The largest absolute Gasteiger partial charge is 0.493 e. The van der Waals surface area contributed by atoms with Gasteiger partial charge < -0.3 is 14.8 Å². The van der Waals surface area contributed by atoms with Crippen LogP contribution in [0.5, 0.6) is 11.5 Å². The Hall–Kier alpha value is -3.75. The van der Waals surface area contributed by atoms with Crippen molar-refractivity contribution in [2.24, 2.45) is 0 Å². The fourth-order valence-corrected chi connectivity index (χ4v) is 3.84. The van der Waals surface area contributed by atoms with Crippen LogP contribution in [0.15, 0.2) is 36.4 Å². The molecule has 0 unspecified atom stereocenters. The summed E-state index contributed by atoms with van der Waals surface area (Å²) in [6.45, 7) is 2.54. The number of methoxy groups -OCH3 is 2. The van der Waals surface area contributed by atoms with Gasteiger partial charge >= 0.3 is 0 Å². The Balaban J connectivity index is 1.42. The van der Waals surface area contributed by atoms with Crippen molar-refractivity contribution in [3.8, 4) is 11.5 Å². The van der Waals surface area contributed by atoms with Crippen molar-refractivity contribution in [3.63, 3.8) is 0 Å². The van der Waals surface area contributed by atoms with Crippen LogP contribution < -0.4 is 14.8 Å². The quantitative estimate of drug-likeness (QED) is 0.278. The van der Waals surface area contributed by atoms with Crippen molar-refractivity contribution in [2.45, 2.75) is 32.6 Å². The second kappa shape index (κ2) is 9.81. The van der Waals surface area contributed by atoms with Gasteiger partial charge in [-0.2, -0.15) is 0 Å². The average molecular weight is 452 g/mol. The molecule has 172 valence electrons. The van der Waals surface area contributed by atoms with Gasteiger partial charge in [-0.25, -0.2) is 9.37 Å². The molecule has 33 heavy (non-hydrogen) atoms. The molecular weight excluding hydrogens is 425 g/mol. The van der Waals surface area contributed by atoms with E-state index in [2.05, 4.69) is 15.5 Å². The predicted molar refractivity (Wildman–Crippen MR) is 124 cm³/mol. The first-order valence-corrected chi connectivity index (χ1v) is 10.8. The molecule has 0 saturated heterocycles. The lowest BCUT2D eigenvalue weighted by Crippen LogP contribution is -2.08. The molecule has 4 aromatic rings. The Bertz CT molecular complexity index is 1300. The normalized spacial score (nSPS) is 11.2. The molecular formula is C24H26FN5O3. The highest BCUT2D eigenvalue weighted by Gasteiger charge is 2.16. The number of rotatable bonds is 10. The zero-order valence-corrected chi connectivity index (χ0v) is 18.9.